The number of halogens is 2. The molecule has 0 saturated heterocycles. The molecule has 1 fully saturated rings. The van der Waals surface area contributed by atoms with Gasteiger partial charge in [0.1, 0.15) is 11.6 Å². The van der Waals surface area contributed by atoms with Gasteiger partial charge < -0.3 is 0 Å². The third-order valence-electron chi connectivity index (χ3n) is 4.45. The first-order valence-corrected chi connectivity index (χ1v) is 12.4. The predicted molar refractivity (Wildman–Crippen MR) is 106 cm³/mol. The van der Waals surface area contributed by atoms with Crippen LogP contribution in [0.15, 0.2) is 48.5 Å². The normalized spacial score (nSPS) is 15.0. The lowest BCUT2D eigenvalue weighted by molar-refractivity contribution is 0.405. The molecule has 29 heavy (non-hydrogen) atoms. The number of nitrogens with one attached hydrogen (secondary N) is 1. The van der Waals surface area contributed by atoms with Gasteiger partial charge in [-0.3, -0.25) is 0 Å². The van der Waals surface area contributed by atoms with E-state index in [0.29, 0.717) is 24.0 Å². The molecule has 0 heterocycles. The number of benzene rings is 2. The zero-order valence-corrected chi connectivity index (χ0v) is 17.2. The van der Waals surface area contributed by atoms with E-state index in [2.05, 4.69) is 4.72 Å². The Morgan fingerprint density at radius 3 is 1.97 bits per heavy atom. The third-order valence-corrected chi connectivity index (χ3v) is 7.70. The molecule has 158 valence electrons. The Hall–Kier alpha value is -1.88. The molecular formula is C19H22F2N2O4S2. The van der Waals surface area contributed by atoms with Crippen molar-refractivity contribution in [3.63, 3.8) is 0 Å². The average Bonchev–Trinajstić information content (AvgIpc) is 3.42. The van der Waals surface area contributed by atoms with E-state index in [0.717, 1.165) is 6.07 Å². The lowest BCUT2D eigenvalue weighted by Crippen LogP contribution is -2.40. The highest BCUT2D eigenvalue weighted by molar-refractivity contribution is 7.88. The fourth-order valence-electron chi connectivity index (χ4n) is 3.04. The fraction of sp³-hybridized carbons (Fsp3) is 0.368. The minimum Gasteiger partial charge on any atom is -0.214 e. The largest absolute Gasteiger partial charge is 0.218 e. The van der Waals surface area contributed by atoms with Crippen molar-refractivity contribution in [2.24, 2.45) is 0 Å². The number of nitrogens with zero attached hydrogens (tertiary/aromatic N) is 1. The first kappa shape index (κ1) is 21.8. The molecule has 2 aromatic carbocycles. The van der Waals surface area contributed by atoms with Gasteiger partial charge in [-0.1, -0.05) is 24.3 Å². The van der Waals surface area contributed by atoms with Crippen LogP contribution < -0.4 is 4.72 Å². The highest BCUT2D eigenvalue weighted by Crippen LogP contribution is 2.30. The van der Waals surface area contributed by atoms with Gasteiger partial charge in [0.2, 0.25) is 20.0 Å². The zero-order chi connectivity index (χ0) is 21.1. The van der Waals surface area contributed by atoms with E-state index in [-0.39, 0.29) is 24.9 Å². The van der Waals surface area contributed by atoms with Gasteiger partial charge in [-0.2, -0.15) is 4.31 Å². The summed E-state index contributed by atoms with van der Waals surface area (Å²) in [6.07, 6.45) is 1.41. The van der Waals surface area contributed by atoms with Gasteiger partial charge in [0, 0.05) is 19.1 Å². The van der Waals surface area contributed by atoms with E-state index in [1.165, 1.54) is 46.8 Å². The summed E-state index contributed by atoms with van der Waals surface area (Å²) in [7, 11) is -7.48. The summed E-state index contributed by atoms with van der Waals surface area (Å²) in [5, 5.41) is 0. The summed E-state index contributed by atoms with van der Waals surface area (Å²) in [4.78, 5) is 0. The Morgan fingerprint density at radius 1 is 0.897 bits per heavy atom. The highest BCUT2D eigenvalue weighted by Gasteiger charge is 2.37. The van der Waals surface area contributed by atoms with Crippen LogP contribution in [0, 0.1) is 11.6 Å². The van der Waals surface area contributed by atoms with E-state index in [1.807, 2.05) is 0 Å². The van der Waals surface area contributed by atoms with Crippen LogP contribution in [0.2, 0.25) is 0 Å². The number of hydrogen-bond donors (Lipinski definition) is 1. The van der Waals surface area contributed by atoms with E-state index in [1.54, 1.807) is 0 Å². The van der Waals surface area contributed by atoms with E-state index < -0.39 is 37.4 Å². The summed E-state index contributed by atoms with van der Waals surface area (Å²) < 4.78 is 80.2. The molecule has 6 nitrogen and oxygen atoms in total. The Balaban J connectivity index is 1.60. The third kappa shape index (κ3) is 6.56. The first-order valence-electron chi connectivity index (χ1n) is 9.10. The molecule has 0 aromatic heterocycles. The van der Waals surface area contributed by atoms with Crippen LogP contribution in [0.5, 0.6) is 0 Å². The maximum absolute atomic E-state index is 13.3. The monoisotopic (exact) mass is 444 g/mol. The lowest BCUT2D eigenvalue weighted by Gasteiger charge is -2.22. The van der Waals surface area contributed by atoms with Crippen molar-refractivity contribution in [1.29, 1.82) is 0 Å². The molecule has 2 aromatic rings. The van der Waals surface area contributed by atoms with Gasteiger partial charge in [0.25, 0.3) is 0 Å². The second kappa shape index (κ2) is 8.86. The molecule has 0 spiro atoms. The fourth-order valence-corrected chi connectivity index (χ4v) is 5.96. The maximum atomic E-state index is 13.3. The Kier molecular flexibility index (Phi) is 6.67. The van der Waals surface area contributed by atoms with Gasteiger partial charge in [-0.25, -0.2) is 30.3 Å². The average molecular weight is 445 g/mol. The van der Waals surface area contributed by atoms with Crippen molar-refractivity contribution >= 4 is 20.0 Å². The van der Waals surface area contributed by atoms with E-state index in [9.17, 15) is 25.6 Å². The maximum Gasteiger partial charge on any atom is 0.218 e. The van der Waals surface area contributed by atoms with Gasteiger partial charge >= 0.3 is 0 Å². The predicted octanol–water partition coefficient (Wildman–Crippen LogP) is 2.38. The van der Waals surface area contributed by atoms with E-state index in [4.69, 9.17) is 0 Å². The molecule has 1 saturated carbocycles. The highest BCUT2D eigenvalue weighted by atomic mass is 32.2. The van der Waals surface area contributed by atoms with Gasteiger partial charge in [-0.05, 0) is 48.2 Å². The molecule has 0 unspecified atom stereocenters. The minimum absolute atomic E-state index is 0.0231. The van der Waals surface area contributed by atoms with Crippen molar-refractivity contribution in [2.45, 2.75) is 30.4 Å². The quantitative estimate of drug-likeness (QED) is 0.610. The number of sulfonamides is 2. The first-order chi connectivity index (χ1) is 13.6. The van der Waals surface area contributed by atoms with Crippen LogP contribution >= 0.6 is 0 Å². The van der Waals surface area contributed by atoms with Crippen LogP contribution in [0.25, 0.3) is 0 Å². The molecule has 1 aliphatic carbocycles. The molecule has 10 heteroatoms. The summed E-state index contributed by atoms with van der Waals surface area (Å²) >= 11 is 0. The number of hydrogen-bond acceptors (Lipinski definition) is 4. The Morgan fingerprint density at radius 2 is 1.45 bits per heavy atom. The van der Waals surface area contributed by atoms with Gasteiger partial charge in [0.15, 0.2) is 0 Å². The van der Waals surface area contributed by atoms with Crippen molar-refractivity contribution in [3.05, 3.63) is 71.3 Å². The second-order valence-corrected chi connectivity index (χ2v) is 10.7. The summed E-state index contributed by atoms with van der Waals surface area (Å²) in [6, 6.07) is 10.5. The molecule has 0 bridgehead atoms. The molecule has 3 rings (SSSR count). The molecule has 1 N–H and O–H groups in total. The van der Waals surface area contributed by atoms with Gasteiger partial charge in [0.05, 0.1) is 11.5 Å². The van der Waals surface area contributed by atoms with Crippen LogP contribution in [-0.4, -0.2) is 40.3 Å². The van der Waals surface area contributed by atoms with Gasteiger partial charge in [-0.15, -0.1) is 0 Å². The van der Waals surface area contributed by atoms with Crippen molar-refractivity contribution < 1.29 is 25.6 Å². The molecule has 0 aliphatic heterocycles. The van der Waals surface area contributed by atoms with Crippen LogP contribution in [0.1, 0.15) is 24.0 Å². The molecule has 0 atom stereocenters. The molecule has 0 amide bonds. The molecule has 0 radical (unpaired) electrons. The molecular weight excluding hydrogens is 422 g/mol. The standard InChI is InChI=1S/C19H22F2N2O4S2/c20-17-5-1-3-15(11-17)13-28(24,25)22-9-10-23(19-7-8-19)29(26,27)14-16-4-2-6-18(21)12-16/h1-6,11-12,19,22H,7-10,13-14H2. The topological polar surface area (TPSA) is 83.6 Å². The summed E-state index contributed by atoms with van der Waals surface area (Å²) in [6.45, 7) is -0.124. The van der Waals surface area contributed by atoms with Crippen LogP contribution in [0.4, 0.5) is 8.78 Å². The summed E-state index contributed by atoms with van der Waals surface area (Å²) in [5.41, 5.74) is 0.637. The number of rotatable bonds is 10. The zero-order valence-electron chi connectivity index (χ0n) is 15.6. The van der Waals surface area contributed by atoms with E-state index >= 15 is 0 Å². The minimum atomic E-state index is -3.75. The Bertz CT molecular complexity index is 1070. The lowest BCUT2D eigenvalue weighted by atomic mass is 10.2. The van der Waals surface area contributed by atoms with Crippen LogP contribution in [-0.2, 0) is 31.6 Å². The van der Waals surface area contributed by atoms with Crippen molar-refractivity contribution in [3.8, 4) is 0 Å². The SMILES string of the molecule is O=S(=O)(Cc1cccc(F)c1)NCCN(C1CC1)S(=O)(=O)Cc1cccc(F)c1. The van der Waals surface area contributed by atoms with Crippen LogP contribution in [0.3, 0.4) is 0 Å². The molecule has 1 aliphatic rings. The van der Waals surface area contributed by atoms with Crippen molar-refractivity contribution in [2.75, 3.05) is 13.1 Å². The second-order valence-electron chi connectivity index (χ2n) is 7.01. The van der Waals surface area contributed by atoms with Crippen molar-refractivity contribution in [1.82, 2.24) is 9.03 Å². The summed E-state index contributed by atoms with van der Waals surface area (Å²) in [5.74, 6) is -1.79. The smallest absolute Gasteiger partial charge is 0.214 e. The Labute approximate surface area is 169 Å².